The second-order valence-corrected chi connectivity index (χ2v) is 8.66. The SMILES string of the molecule is CC(=O)Nc1cc(S(=O)(=O)N2CCCCC2CNC(=O)CCN)ccc1C. The molecule has 1 saturated heterocycles. The lowest BCUT2D eigenvalue weighted by Crippen LogP contribution is -2.49. The molecule has 0 saturated carbocycles. The highest BCUT2D eigenvalue weighted by molar-refractivity contribution is 7.89. The Morgan fingerprint density at radius 3 is 2.70 bits per heavy atom. The van der Waals surface area contributed by atoms with Crippen LogP contribution in [0.25, 0.3) is 0 Å². The summed E-state index contributed by atoms with van der Waals surface area (Å²) in [6.45, 7) is 4.11. The molecule has 27 heavy (non-hydrogen) atoms. The smallest absolute Gasteiger partial charge is 0.243 e. The minimum atomic E-state index is -3.74. The molecule has 8 nitrogen and oxygen atoms in total. The molecular weight excluding hydrogens is 368 g/mol. The van der Waals surface area contributed by atoms with Gasteiger partial charge in [0.2, 0.25) is 21.8 Å². The Hall–Kier alpha value is -1.97. The van der Waals surface area contributed by atoms with Gasteiger partial charge in [-0.15, -0.1) is 0 Å². The highest BCUT2D eigenvalue weighted by Gasteiger charge is 2.33. The fourth-order valence-corrected chi connectivity index (χ4v) is 4.89. The minimum Gasteiger partial charge on any atom is -0.354 e. The zero-order chi connectivity index (χ0) is 20.0. The molecule has 1 atom stereocenters. The molecule has 2 rings (SSSR count). The number of nitrogens with one attached hydrogen (secondary N) is 2. The molecule has 2 amide bonds. The highest BCUT2D eigenvalue weighted by Crippen LogP contribution is 2.28. The topological polar surface area (TPSA) is 122 Å². The van der Waals surface area contributed by atoms with Crippen LogP contribution in [0.5, 0.6) is 0 Å². The number of nitrogens with two attached hydrogens (primary N) is 1. The van der Waals surface area contributed by atoms with Crippen molar-refractivity contribution in [1.82, 2.24) is 9.62 Å². The molecule has 1 unspecified atom stereocenters. The number of hydrogen-bond acceptors (Lipinski definition) is 5. The van der Waals surface area contributed by atoms with Gasteiger partial charge in [0.05, 0.1) is 4.90 Å². The molecule has 1 aromatic rings. The van der Waals surface area contributed by atoms with Crippen LogP contribution in [0.15, 0.2) is 23.1 Å². The fourth-order valence-electron chi connectivity index (χ4n) is 3.17. The average molecular weight is 397 g/mol. The van der Waals surface area contributed by atoms with E-state index in [2.05, 4.69) is 10.6 Å². The molecule has 0 aromatic heterocycles. The Kier molecular flexibility index (Phi) is 7.34. The van der Waals surface area contributed by atoms with Crippen LogP contribution in [-0.2, 0) is 19.6 Å². The van der Waals surface area contributed by atoms with Crippen molar-refractivity contribution >= 4 is 27.5 Å². The summed E-state index contributed by atoms with van der Waals surface area (Å²) < 4.78 is 27.9. The van der Waals surface area contributed by atoms with Crippen molar-refractivity contribution in [2.75, 3.05) is 25.0 Å². The first kappa shape index (κ1) is 21.3. The van der Waals surface area contributed by atoms with Crippen LogP contribution < -0.4 is 16.4 Å². The number of nitrogens with zero attached hydrogens (tertiary/aromatic N) is 1. The third-order valence-electron chi connectivity index (χ3n) is 4.61. The van der Waals surface area contributed by atoms with E-state index < -0.39 is 10.0 Å². The zero-order valence-electron chi connectivity index (χ0n) is 15.8. The van der Waals surface area contributed by atoms with Crippen LogP contribution in [-0.4, -0.2) is 50.2 Å². The summed E-state index contributed by atoms with van der Waals surface area (Å²) in [5.74, 6) is -0.435. The number of carbonyl (C=O) groups excluding carboxylic acids is 2. The molecular formula is C18H28N4O4S. The number of amides is 2. The zero-order valence-corrected chi connectivity index (χ0v) is 16.6. The van der Waals surface area contributed by atoms with Gasteiger partial charge in [-0.1, -0.05) is 12.5 Å². The van der Waals surface area contributed by atoms with E-state index in [4.69, 9.17) is 5.73 Å². The molecule has 1 heterocycles. The number of hydrogen-bond donors (Lipinski definition) is 3. The van der Waals surface area contributed by atoms with Crippen LogP contribution in [0.1, 0.15) is 38.2 Å². The summed E-state index contributed by atoms with van der Waals surface area (Å²) in [7, 11) is -3.74. The van der Waals surface area contributed by atoms with E-state index in [9.17, 15) is 18.0 Å². The van der Waals surface area contributed by atoms with E-state index in [1.807, 2.05) is 0 Å². The Bertz CT molecular complexity index is 795. The number of rotatable bonds is 7. The maximum absolute atomic E-state index is 13.2. The first-order chi connectivity index (χ1) is 12.8. The van der Waals surface area contributed by atoms with Gasteiger partial charge in [0.25, 0.3) is 0 Å². The van der Waals surface area contributed by atoms with E-state index in [1.165, 1.54) is 17.3 Å². The van der Waals surface area contributed by atoms with Crippen molar-refractivity contribution in [3.8, 4) is 0 Å². The normalized spacial score (nSPS) is 18.1. The van der Waals surface area contributed by atoms with Gasteiger partial charge >= 0.3 is 0 Å². The molecule has 1 fully saturated rings. The highest BCUT2D eigenvalue weighted by atomic mass is 32.2. The number of carbonyl (C=O) groups is 2. The van der Waals surface area contributed by atoms with Gasteiger partial charge in [-0.2, -0.15) is 4.31 Å². The standard InChI is InChI=1S/C18H28N4O4S/c1-13-6-7-16(11-17(13)21-14(2)23)27(25,26)22-10-4-3-5-15(22)12-20-18(24)8-9-19/h6-7,11,15H,3-5,8-10,12,19H2,1-2H3,(H,20,24)(H,21,23). The first-order valence-electron chi connectivity index (χ1n) is 9.12. The molecule has 9 heteroatoms. The average Bonchev–Trinajstić information content (AvgIpc) is 2.62. The summed E-state index contributed by atoms with van der Waals surface area (Å²) in [6, 6.07) is 4.43. The van der Waals surface area contributed by atoms with Crippen molar-refractivity contribution in [3.05, 3.63) is 23.8 Å². The number of aryl methyl sites for hydroxylation is 1. The monoisotopic (exact) mass is 396 g/mol. The van der Waals surface area contributed by atoms with E-state index in [-0.39, 0.29) is 42.3 Å². The van der Waals surface area contributed by atoms with Gasteiger partial charge in [0, 0.05) is 44.7 Å². The summed E-state index contributed by atoms with van der Waals surface area (Å²) in [5.41, 5.74) is 6.64. The second-order valence-electron chi connectivity index (χ2n) is 6.77. The molecule has 4 N–H and O–H groups in total. The second kappa shape index (κ2) is 9.29. The molecule has 0 spiro atoms. The molecule has 0 radical (unpaired) electrons. The Morgan fingerprint density at radius 1 is 1.30 bits per heavy atom. The Balaban J connectivity index is 2.24. The maximum Gasteiger partial charge on any atom is 0.243 e. The molecule has 1 aliphatic rings. The van der Waals surface area contributed by atoms with Gasteiger partial charge in [-0.05, 0) is 37.5 Å². The molecule has 0 aliphatic carbocycles. The van der Waals surface area contributed by atoms with E-state index >= 15 is 0 Å². The van der Waals surface area contributed by atoms with Crippen molar-refractivity contribution in [2.45, 2.75) is 50.5 Å². The fraction of sp³-hybridized carbons (Fsp3) is 0.556. The van der Waals surface area contributed by atoms with Gasteiger partial charge in [0.1, 0.15) is 0 Å². The third kappa shape index (κ3) is 5.50. The lowest BCUT2D eigenvalue weighted by molar-refractivity contribution is -0.121. The maximum atomic E-state index is 13.2. The summed E-state index contributed by atoms with van der Waals surface area (Å²) in [4.78, 5) is 23.2. The first-order valence-corrected chi connectivity index (χ1v) is 10.6. The van der Waals surface area contributed by atoms with Gasteiger partial charge in [-0.3, -0.25) is 9.59 Å². The number of piperidine rings is 1. The third-order valence-corrected chi connectivity index (χ3v) is 6.55. The minimum absolute atomic E-state index is 0.136. The number of anilines is 1. The van der Waals surface area contributed by atoms with Crippen LogP contribution in [0.2, 0.25) is 0 Å². The molecule has 0 bridgehead atoms. The summed E-state index contributed by atoms with van der Waals surface area (Å²) >= 11 is 0. The molecule has 1 aromatic carbocycles. The van der Waals surface area contributed by atoms with Crippen molar-refractivity contribution in [2.24, 2.45) is 5.73 Å². The summed E-state index contributed by atoms with van der Waals surface area (Å²) in [6.07, 6.45) is 2.59. The van der Waals surface area contributed by atoms with Crippen molar-refractivity contribution in [3.63, 3.8) is 0 Å². The van der Waals surface area contributed by atoms with Crippen molar-refractivity contribution in [1.29, 1.82) is 0 Å². The van der Waals surface area contributed by atoms with E-state index in [0.29, 0.717) is 18.7 Å². The predicted molar refractivity (Wildman–Crippen MR) is 104 cm³/mol. The van der Waals surface area contributed by atoms with Gasteiger partial charge < -0.3 is 16.4 Å². The van der Waals surface area contributed by atoms with E-state index in [1.54, 1.807) is 19.1 Å². The number of benzene rings is 1. The predicted octanol–water partition coefficient (Wildman–Crippen LogP) is 0.962. The largest absolute Gasteiger partial charge is 0.354 e. The Labute approximate surface area is 160 Å². The molecule has 1 aliphatic heterocycles. The lowest BCUT2D eigenvalue weighted by Gasteiger charge is -2.35. The quantitative estimate of drug-likeness (QED) is 0.634. The van der Waals surface area contributed by atoms with Crippen LogP contribution >= 0.6 is 0 Å². The van der Waals surface area contributed by atoms with Crippen LogP contribution in [0, 0.1) is 6.92 Å². The number of sulfonamides is 1. The lowest BCUT2D eigenvalue weighted by atomic mass is 10.1. The van der Waals surface area contributed by atoms with Gasteiger partial charge in [0.15, 0.2) is 0 Å². The van der Waals surface area contributed by atoms with Crippen LogP contribution in [0.3, 0.4) is 0 Å². The summed E-state index contributed by atoms with van der Waals surface area (Å²) in [5, 5.41) is 5.43. The molecule has 150 valence electrons. The Morgan fingerprint density at radius 2 is 2.04 bits per heavy atom. The van der Waals surface area contributed by atoms with Crippen LogP contribution in [0.4, 0.5) is 5.69 Å². The van der Waals surface area contributed by atoms with Crippen molar-refractivity contribution < 1.29 is 18.0 Å². The van der Waals surface area contributed by atoms with Gasteiger partial charge in [-0.25, -0.2) is 8.42 Å². The van der Waals surface area contributed by atoms with E-state index in [0.717, 1.165) is 18.4 Å².